The Labute approximate surface area is 172 Å². The third-order valence-corrected chi connectivity index (χ3v) is 6.72. The van der Waals surface area contributed by atoms with Gasteiger partial charge in [0.05, 0.1) is 17.5 Å². The highest BCUT2D eigenvalue weighted by Crippen LogP contribution is 2.53. The maximum absolute atomic E-state index is 12.9. The Morgan fingerprint density at radius 2 is 1.46 bits per heavy atom. The fourth-order valence-corrected chi connectivity index (χ4v) is 5.18. The molecule has 2 amide bonds. The first-order valence-electron chi connectivity index (χ1n) is 9.26. The Kier molecular flexibility index (Phi) is 4.22. The predicted octanol–water partition coefficient (Wildman–Crippen LogP) is 4.88. The van der Waals surface area contributed by atoms with Crippen molar-refractivity contribution in [2.75, 3.05) is 4.90 Å². The first-order valence-corrected chi connectivity index (χ1v) is 10.0. The first kappa shape index (κ1) is 17.8. The van der Waals surface area contributed by atoms with Crippen LogP contribution in [0.3, 0.4) is 0 Å². The van der Waals surface area contributed by atoms with Gasteiger partial charge in [-0.05, 0) is 54.7 Å². The van der Waals surface area contributed by atoms with Crippen molar-refractivity contribution in [3.63, 3.8) is 0 Å². The molecule has 3 aliphatic rings. The van der Waals surface area contributed by atoms with E-state index in [9.17, 15) is 9.59 Å². The summed E-state index contributed by atoms with van der Waals surface area (Å²) in [5.41, 5.74) is 1.31. The average molecular weight is 414 g/mol. The number of allylic oxidation sites excluding steroid dienone is 2. The van der Waals surface area contributed by atoms with Crippen molar-refractivity contribution in [1.82, 2.24) is 0 Å². The van der Waals surface area contributed by atoms with E-state index in [4.69, 9.17) is 27.9 Å². The van der Waals surface area contributed by atoms with Crippen molar-refractivity contribution in [2.24, 2.45) is 23.7 Å². The number of nitrogens with zero attached hydrogens (tertiary/aromatic N) is 1. The van der Waals surface area contributed by atoms with E-state index in [0.717, 1.165) is 12.0 Å². The highest BCUT2D eigenvalue weighted by molar-refractivity contribution is 6.36. The van der Waals surface area contributed by atoms with Crippen LogP contribution in [0.25, 0.3) is 0 Å². The van der Waals surface area contributed by atoms with E-state index in [2.05, 4.69) is 12.2 Å². The summed E-state index contributed by atoms with van der Waals surface area (Å²) < 4.78 is 5.78. The number of halogens is 2. The van der Waals surface area contributed by atoms with E-state index in [1.54, 1.807) is 42.5 Å². The van der Waals surface area contributed by atoms with E-state index in [1.807, 2.05) is 0 Å². The number of benzene rings is 2. The zero-order chi connectivity index (χ0) is 19.4. The maximum Gasteiger partial charge on any atom is 0.238 e. The SMILES string of the molecule is O=C1[C@H]2[C@H](C(=O)N1c1ccc(OCc3c(Cl)cccc3Cl)cc1)[C@H]1C=C[C@H]2C1. The molecule has 28 heavy (non-hydrogen) atoms. The monoisotopic (exact) mass is 413 g/mol. The molecule has 0 N–H and O–H groups in total. The molecule has 4 atom stereocenters. The molecule has 2 aliphatic carbocycles. The van der Waals surface area contributed by atoms with Gasteiger partial charge in [-0.25, -0.2) is 0 Å². The zero-order valence-electron chi connectivity index (χ0n) is 14.8. The van der Waals surface area contributed by atoms with Gasteiger partial charge in [0.25, 0.3) is 0 Å². The molecule has 0 unspecified atom stereocenters. The number of imide groups is 1. The molecule has 0 spiro atoms. The number of fused-ring (bicyclic) bond motifs is 5. The fraction of sp³-hybridized carbons (Fsp3) is 0.273. The van der Waals surface area contributed by atoms with Gasteiger partial charge >= 0.3 is 0 Å². The number of carbonyl (C=O) groups is 2. The Morgan fingerprint density at radius 3 is 2.04 bits per heavy atom. The van der Waals surface area contributed by atoms with E-state index in [-0.39, 0.29) is 42.1 Å². The van der Waals surface area contributed by atoms with Crippen molar-refractivity contribution in [3.05, 3.63) is 70.2 Å². The molecule has 2 fully saturated rings. The zero-order valence-corrected chi connectivity index (χ0v) is 16.4. The first-order chi connectivity index (χ1) is 13.5. The van der Waals surface area contributed by atoms with Crippen molar-refractivity contribution < 1.29 is 14.3 Å². The summed E-state index contributed by atoms with van der Waals surface area (Å²) in [6.07, 6.45) is 5.12. The van der Waals surface area contributed by atoms with E-state index in [0.29, 0.717) is 21.5 Å². The van der Waals surface area contributed by atoms with Gasteiger partial charge in [-0.3, -0.25) is 14.5 Å². The summed E-state index contributed by atoms with van der Waals surface area (Å²) in [5.74, 6) is 0.480. The number of ether oxygens (including phenoxy) is 1. The lowest BCUT2D eigenvalue weighted by molar-refractivity contribution is -0.123. The minimum absolute atomic E-state index is 0.0802. The number of amides is 2. The van der Waals surface area contributed by atoms with Crippen LogP contribution in [0.1, 0.15) is 12.0 Å². The summed E-state index contributed by atoms with van der Waals surface area (Å²) in [6, 6.07) is 12.3. The van der Waals surface area contributed by atoms with Gasteiger partial charge in [-0.15, -0.1) is 0 Å². The molecular weight excluding hydrogens is 397 g/mol. The standard InChI is InChI=1S/C22H17Cl2NO3/c23-17-2-1-3-18(24)16(17)11-28-15-8-6-14(7-9-15)25-21(26)19-12-4-5-13(10-12)20(19)22(25)27/h1-9,12-13,19-20H,10-11H2/t12-,13-,19+,20+/m0/s1. The Bertz CT molecular complexity index is 951. The van der Waals surface area contributed by atoms with Crippen LogP contribution in [0.4, 0.5) is 5.69 Å². The second-order valence-electron chi connectivity index (χ2n) is 7.49. The second-order valence-corrected chi connectivity index (χ2v) is 8.31. The number of rotatable bonds is 4. The summed E-state index contributed by atoms with van der Waals surface area (Å²) in [7, 11) is 0. The fourth-order valence-electron chi connectivity index (χ4n) is 4.67. The topological polar surface area (TPSA) is 46.6 Å². The third-order valence-electron chi connectivity index (χ3n) is 6.01. The molecule has 6 heteroatoms. The molecule has 1 saturated heterocycles. The largest absolute Gasteiger partial charge is 0.489 e. The van der Waals surface area contributed by atoms with Crippen LogP contribution < -0.4 is 9.64 Å². The molecule has 0 aromatic heterocycles. The van der Waals surface area contributed by atoms with Crippen molar-refractivity contribution in [2.45, 2.75) is 13.0 Å². The summed E-state index contributed by atoms with van der Waals surface area (Å²) in [6.45, 7) is 0.235. The van der Waals surface area contributed by atoms with Crippen LogP contribution in [-0.4, -0.2) is 11.8 Å². The van der Waals surface area contributed by atoms with E-state index >= 15 is 0 Å². The molecule has 142 valence electrons. The van der Waals surface area contributed by atoms with Crippen molar-refractivity contribution >= 4 is 40.7 Å². The number of anilines is 1. The van der Waals surface area contributed by atoms with Gasteiger partial charge in [-0.1, -0.05) is 41.4 Å². The molecule has 1 saturated carbocycles. The predicted molar refractivity (Wildman–Crippen MR) is 107 cm³/mol. The summed E-state index contributed by atoms with van der Waals surface area (Å²) in [5, 5.41) is 1.10. The Hall–Kier alpha value is -2.30. The molecular formula is C22H17Cl2NO3. The van der Waals surface area contributed by atoms with Crippen LogP contribution in [0.5, 0.6) is 5.75 Å². The molecule has 1 heterocycles. The molecule has 2 aromatic rings. The third kappa shape index (κ3) is 2.66. The van der Waals surface area contributed by atoms with Gasteiger partial charge in [-0.2, -0.15) is 0 Å². The highest BCUT2D eigenvalue weighted by atomic mass is 35.5. The average Bonchev–Trinajstić information content (AvgIpc) is 3.36. The van der Waals surface area contributed by atoms with Gasteiger partial charge in [0.2, 0.25) is 11.8 Å². The van der Waals surface area contributed by atoms with Gasteiger partial charge in [0.1, 0.15) is 12.4 Å². The molecule has 4 nitrogen and oxygen atoms in total. The van der Waals surface area contributed by atoms with Crippen LogP contribution in [0, 0.1) is 23.7 Å². The minimum Gasteiger partial charge on any atom is -0.489 e. The minimum atomic E-state index is -0.194. The van der Waals surface area contributed by atoms with Crippen molar-refractivity contribution in [3.8, 4) is 5.75 Å². The molecule has 2 bridgehead atoms. The summed E-state index contributed by atoms with van der Waals surface area (Å²) in [4.78, 5) is 27.1. The second kappa shape index (κ2) is 6.64. The maximum atomic E-state index is 12.9. The van der Waals surface area contributed by atoms with Crippen molar-refractivity contribution in [1.29, 1.82) is 0 Å². The Balaban J connectivity index is 1.32. The molecule has 5 rings (SSSR count). The number of hydrogen-bond acceptors (Lipinski definition) is 3. The molecule has 2 aromatic carbocycles. The highest BCUT2D eigenvalue weighted by Gasteiger charge is 2.59. The van der Waals surface area contributed by atoms with Gasteiger partial charge < -0.3 is 4.74 Å². The van der Waals surface area contributed by atoms with Gasteiger partial charge in [0.15, 0.2) is 0 Å². The number of carbonyl (C=O) groups excluding carboxylic acids is 2. The quantitative estimate of drug-likeness (QED) is 0.529. The summed E-state index contributed by atoms with van der Waals surface area (Å²) >= 11 is 12.3. The van der Waals surface area contributed by atoms with E-state index < -0.39 is 0 Å². The van der Waals surface area contributed by atoms with Crippen LogP contribution in [0.15, 0.2) is 54.6 Å². The molecule has 0 radical (unpaired) electrons. The smallest absolute Gasteiger partial charge is 0.238 e. The lowest BCUT2D eigenvalue weighted by Crippen LogP contribution is -2.32. The number of hydrogen-bond donors (Lipinski definition) is 0. The lowest BCUT2D eigenvalue weighted by Gasteiger charge is -2.18. The lowest BCUT2D eigenvalue weighted by atomic mass is 9.85. The van der Waals surface area contributed by atoms with Crippen LogP contribution in [-0.2, 0) is 16.2 Å². The van der Waals surface area contributed by atoms with E-state index in [1.165, 1.54) is 4.90 Å². The normalized spacial score (nSPS) is 27.6. The van der Waals surface area contributed by atoms with Gasteiger partial charge in [0, 0.05) is 15.6 Å². The Morgan fingerprint density at radius 1 is 0.893 bits per heavy atom. The molecule has 1 aliphatic heterocycles. The van der Waals surface area contributed by atoms with Crippen LogP contribution >= 0.6 is 23.2 Å². The van der Waals surface area contributed by atoms with Crippen LogP contribution in [0.2, 0.25) is 10.0 Å².